The predicted molar refractivity (Wildman–Crippen MR) is 59.1 cm³/mol. The fourth-order valence-electron chi connectivity index (χ4n) is 1.13. The number of nitrogens with two attached hydrogens (primary N) is 1. The van der Waals surface area contributed by atoms with Gasteiger partial charge in [-0.2, -0.15) is 0 Å². The van der Waals surface area contributed by atoms with E-state index in [1.807, 2.05) is 6.92 Å². The summed E-state index contributed by atoms with van der Waals surface area (Å²) in [6.07, 6.45) is 3.96. The van der Waals surface area contributed by atoms with Crippen LogP contribution in [0.3, 0.4) is 0 Å². The summed E-state index contributed by atoms with van der Waals surface area (Å²) >= 11 is 0. The van der Waals surface area contributed by atoms with Gasteiger partial charge in [-0.25, -0.2) is 0 Å². The minimum absolute atomic E-state index is 0.145. The number of rotatable bonds is 9. The summed E-state index contributed by atoms with van der Waals surface area (Å²) in [5, 5.41) is 6.09. The normalized spacial score (nSPS) is 10.1. The molecular weight excluding hydrogens is 178 g/mol. The van der Waals surface area contributed by atoms with Gasteiger partial charge in [-0.15, -0.1) is 0 Å². The van der Waals surface area contributed by atoms with Crippen molar-refractivity contribution >= 4 is 5.91 Å². The molecule has 0 fully saturated rings. The lowest BCUT2D eigenvalue weighted by Crippen LogP contribution is -2.24. The molecule has 0 radical (unpaired) electrons. The van der Waals surface area contributed by atoms with Crippen LogP contribution in [-0.4, -0.2) is 32.1 Å². The maximum atomic E-state index is 10.8. The van der Waals surface area contributed by atoms with Crippen LogP contribution in [0.5, 0.6) is 0 Å². The third kappa shape index (κ3) is 9.48. The molecule has 0 aliphatic carbocycles. The lowest BCUT2D eigenvalue weighted by atomic mass is 10.2. The fraction of sp³-hybridized carbons (Fsp3) is 0.900. The van der Waals surface area contributed by atoms with Crippen molar-refractivity contribution in [3.8, 4) is 0 Å². The number of hydrogen-bond donors (Lipinski definition) is 3. The number of carbonyl (C=O) groups excluding carboxylic acids is 1. The van der Waals surface area contributed by atoms with E-state index in [2.05, 4.69) is 10.6 Å². The van der Waals surface area contributed by atoms with Crippen molar-refractivity contribution in [1.82, 2.24) is 10.6 Å². The van der Waals surface area contributed by atoms with E-state index in [9.17, 15) is 4.79 Å². The first-order valence-corrected chi connectivity index (χ1v) is 5.48. The molecule has 0 aliphatic rings. The molecule has 0 atom stereocenters. The number of unbranched alkanes of at least 4 members (excludes halogenated alkanes) is 2. The van der Waals surface area contributed by atoms with Crippen LogP contribution in [0.1, 0.15) is 32.6 Å². The van der Waals surface area contributed by atoms with Crippen molar-refractivity contribution < 1.29 is 4.79 Å². The second kappa shape index (κ2) is 10.5. The third-order valence-electron chi connectivity index (χ3n) is 1.99. The molecule has 4 nitrogen and oxygen atoms in total. The topological polar surface area (TPSA) is 67.2 Å². The summed E-state index contributed by atoms with van der Waals surface area (Å²) in [5.74, 6) is 0.145. The van der Waals surface area contributed by atoms with E-state index >= 15 is 0 Å². The molecular formula is C10H23N3O. The van der Waals surface area contributed by atoms with Crippen LogP contribution in [0.2, 0.25) is 0 Å². The Kier molecular flexibility index (Phi) is 10.0. The Morgan fingerprint density at radius 1 is 1.14 bits per heavy atom. The smallest absolute Gasteiger partial charge is 0.219 e. The van der Waals surface area contributed by atoms with Gasteiger partial charge in [0.05, 0.1) is 0 Å². The van der Waals surface area contributed by atoms with Crippen LogP contribution >= 0.6 is 0 Å². The summed E-state index contributed by atoms with van der Waals surface area (Å²) in [5.41, 5.74) is 5.33. The van der Waals surface area contributed by atoms with Gasteiger partial charge in [-0.05, 0) is 19.4 Å². The van der Waals surface area contributed by atoms with Crippen LogP contribution in [0.15, 0.2) is 0 Å². The van der Waals surface area contributed by atoms with E-state index in [4.69, 9.17) is 5.73 Å². The Balaban J connectivity index is 2.95. The molecule has 0 aromatic heterocycles. The van der Waals surface area contributed by atoms with Gasteiger partial charge in [-0.3, -0.25) is 4.79 Å². The summed E-state index contributed by atoms with van der Waals surface area (Å²) in [4.78, 5) is 10.8. The molecule has 0 aromatic rings. The Bertz CT molecular complexity index is 139. The zero-order chi connectivity index (χ0) is 10.6. The molecule has 0 unspecified atom stereocenters. The van der Waals surface area contributed by atoms with Gasteiger partial charge in [0.25, 0.3) is 0 Å². The van der Waals surface area contributed by atoms with Crippen molar-refractivity contribution in [3.63, 3.8) is 0 Å². The van der Waals surface area contributed by atoms with Crippen LogP contribution in [0, 0.1) is 0 Å². The number of nitrogens with one attached hydrogen (secondary N) is 2. The second-order valence-corrected chi connectivity index (χ2v) is 3.30. The first-order valence-electron chi connectivity index (χ1n) is 5.48. The van der Waals surface area contributed by atoms with Gasteiger partial charge in [0.1, 0.15) is 0 Å². The Morgan fingerprint density at radius 3 is 2.50 bits per heavy atom. The molecule has 0 aliphatic heterocycles. The summed E-state index contributed by atoms with van der Waals surface area (Å²) < 4.78 is 0. The monoisotopic (exact) mass is 201 g/mol. The van der Waals surface area contributed by atoms with Crippen LogP contribution in [-0.2, 0) is 4.79 Å². The molecule has 14 heavy (non-hydrogen) atoms. The summed E-state index contributed by atoms with van der Waals surface area (Å²) in [6.45, 7) is 5.30. The predicted octanol–water partition coefficient (Wildman–Crippen LogP) is 0.231. The van der Waals surface area contributed by atoms with Gasteiger partial charge < -0.3 is 16.4 Å². The van der Waals surface area contributed by atoms with Crippen LogP contribution in [0.25, 0.3) is 0 Å². The molecule has 4 heteroatoms. The molecule has 0 heterocycles. The standard InChI is InChI=1S/C10H23N3O/c1-2-10(14)13-8-5-3-4-7-12-9-6-11/h12H,2-9,11H2,1H3,(H,13,14). The van der Waals surface area contributed by atoms with Crippen molar-refractivity contribution in [1.29, 1.82) is 0 Å². The molecule has 0 rings (SSSR count). The highest BCUT2D eigenvalue weighted by atomic mass is 16.1. The van der Waals surface area contributed by atoms with E-state index < -0.39 is 0 Å². The number of carbonyl (C=O) groups is 1. The number of hydrogen-bond acceptors (Lipinski definition) is 3. The van der Waals surface area contributed by atoms with E-state index in [-0.39, 0.29) is 5.91 Å². The Hall–Kier alpha value is -0.610. The van der Waals surface area contributed by atoms with Crippen molar-refractivity contribution in [2.75, 3.05) is 26.2 Å². The molecule has 0 bridgehead atoms. The van der Waals surface area contributed by atoms with Crippen LogP contribution in [0.4, 0.5) is 0 Å². The average molecular weight is 201 g/mol. The average Bonchev–Trinajstić information content (AvgIpc) is 2.21. The summed E-state index contributed by atoms with van der Waals surface area (Å²) in [6, 6.07) is 0. The zero-order valence-electron chi connectivity index (χ0n) is 9.14. The first-order chi connectivity index (χ1) is 6.81. The third-order valence-corrected chi connectivity index (χ3v) is 1.99. The molecule has 0 spiro atoms. The SMILES string of the molecule is CCC(=O)NCCCCCNCCN. The second-order valence-electron chi connectivity index (χ2n) is 3.30. The molecule has 1 amide bonds. The molecule has 4 N–H and O–H groups in total. The lowest BCUT2D eigenvalue weighted by molar-refractivity contribution is -0.120. The maximum Gasteiger partial charge on any atom is 0.219 e. The quantitative estimate of drug-likeness (QED) is 0.468. The van der Waals surface area contributed by atoms with E-state index in [0.29, 0.717) is 13.0 Å². The minimum Gasteiger partial charge on any atom is -0.356 e. The van der Waals surface area contributed by atoms with Gasteiger partial charge in [-0.1, -0.05) is 13.3 Å². The summed E-state index contributed by atoms with van der Waals surface area (Å²) in [7, 11) is 0. The zero-order valence-corrected chi connectivity index (χ0v) is 9.14. The van der Waals surface area contributed by atoms with E-state index in [0.717, 1.165) is 38.9 Å². The maximum absolute atomic E-state index is 10.8. The Labute approximate surface area is 86.6 Å². The van der Waals surface area contributed by atoms with Crippen molar-refractivity contribution in [2.45, 2.75) is 32.6 Å². The molecule has 0 saturated heterocycles. The Morgan fingerprint density at radius 2 is 1.86 bits per heavy atom. The highest BCUT2D eigenvalue weighted by Gasteiger charge is 1.94. The lowest BCUT2D eigenvalue weighted by Gasteiger charge is -2.04. The van der Waals surface area contributed by atoms with E-state index in [1.54, 1.807) is 0 Å². The fourth-order valence-corrected chi connectivity index (χ4v) is 1.13. The van der Waals surface area contributed by atoms with Gasteiger partial charge in [0.2, 0.25) is 5.91 Å². The minimum atomic E-state index is 0.145. The van der Waals surface area contributed by atoms with Crippen molar-refractivity contribution in [3.05, 3.63) is 0 Å². The van der Waals surface area contributed by atoms with Crippen molar-refractivity contribution in [2.24, 2.45) is 5.73 Å². The first kappa shape index (κ1) is 13.4. The van der Waals surface area contributed by atoms with Crippen LogP contribution < -0.4 is 16.4 Å². The van der Waals surface area contributed by atoms with Gasteiger partial charge in [0, 0.05) is 26.1 Å². The highest BCUT2D eigenvalue weighted by Crippen LogP contribution is 1.92. The molecule has 84 valence electrons. The number of amides is 1. The van der Waals surface area contributed by atoms with Gasteiger partial charge >= 0.3 is 0 Å². The molecule has 0 saturated carbocycles. The largest absolute Gasteiger partial charge is 0.356 e. The highest BCUT2D eigenvalue weighted by molar-refractivity contribution is 5.75. The molecule has 0 aromatic carbocycles. The van der Waals surface area contributed by atoms with Gasteiger partial charge in [0.15, 0.2) is 0 Å². The van der Waals surface area contributed by atoms with E-state index in [1.165, 1.54) is 0 Å².